The summed E-state index contributed by atoms with van der Waals surface area (Å²) in [4.78, 5) is 14.9. The number of nitrogens with zero attached hydrogens (tertiary/aromatic N) is 3. The van der Waals surface area contributed by atoms with Gasteiger partial charge in [-0.15, -0.1) is 12.4 Å². The predicted octanol–water partition coefficient (Wildman–Crippen LogP) is 3.01. The third kappa shape index (κ3) is 5.11. The van der Waals surface area contributed by atoms with Crippen LogP contribution in [0.1, 0.15) is 35.2 Å². The second-order valence-electron chi connectivity index (χ2n) is 7.73. The first-order valence-electron chi connectivity index (χ1n) is 9.84. The molecule has 0 bridgehead atoms. The van der Waals surface area contributed by atoms with E-state index in [-0.39, 0.29) is 18.3 Å². The summed E-state index contributed by atoms with van der Waals surface area (Å²) in [5.74, 6) is 1.51. The van der Waals surface area contributed by atoms with Gasteiger partial charge in [0.1, 0.15) is 0 Å². The summed E-state index contributed by atoms with van der Waals surface area (Å²) in [6.07, 6.45) is 8.26. The van der Waals surface area contributed by atoms with Gasteiger partial charge in [0.05, 0.1) is 0 Å². The van der Waals surface area contributed by atoms with Crippen LogP contribution in [0.15, 0.2) is 42.7 Å². The van der Waals surface area contributed by atoms with E-state index in [1.165, 1.54) is 12.0 Å². The second kappa shape index (κ2) is 9.38. The van der Waals surface area contributed by atoms with Gasteiger partial charge in [-0.1, -0.05) is 12.1 Å². The molecule has 2 aliphatic rings. The Morgan fingerprint density at radius 2 is 2.00 bits per heavy atom. The Labute approximate surface area is 167 Å². The van der Waals surface area contributed by atoms with Crippen molar-refractivity contribution >= 4 is 18.3 Å². The van der Waals surface area contributed by atoms with E-state index < -0.39 is 0 Å². The molecule has 2 aliphatic heterocycles. The maximum absolute atomic E-state index is 12.9. The van der Waals surface area contributed by atoms with Gasteiger partial charge in [0, 0.05) is 37.6 Å². The van der Waals surface area contributed by atoms with Crippen LogP contribution in [0.5, 0.6) is 0 Å². The summed E-state index contributed by atoms with van der Waals surface area (Å²) < 4.78 is 2.00. The van der Waals surface area contributed by atoms with E-state index in [0.717, 1.165) is 57.5 Å². The molecule has 4 rings (SSSR count). The fraction of sp³-hybridized carbons (Fsp3) is 0.524. The molecule has 1 N–H and O–H groups in total. The molecule has 0 spiro atoms. The number of amides is 1. The van der Waals surface area contributed by atoms with Crippen molar-refractivity contribution < 1.29 is 4.79 Å². The number of aromatic nitrogens is 2. The fourth-order valence-electron chi connectivity index (χ4n) is 4.23. The smallest absolute Gasteiger partial charge is 0.253 e. The molecule has 0 saturated carbocycles. The number of carbonyl (C=O) groups is 1. The van der Waals surface area contributed by atoms with E-state index in [4.69, 9.17) is 0 Å². The number of piperidine rings is 1. The zero-order chi connectivity index (χ0) is 17.8. The minimum Gasteiger partial charge on any atom is -0.339 e. The first kappa shape index (κ1) is 19.9. The SMILES string of the molecule is Cl.O=C(c1cccc(CC2CCNC2)c1)N1CCC(Cn2cccn2)CC1. The number of hydrogen-bond donors (Lipinski definition) is 1. The highest BCUT2D eigenvalue weighted by Gasteiger charge is 2.24. The normalized spacial score (nSPS) is 20.4. The maximum atomic E-state index is 12.9. The molecule has 2 aromatic rings. The number of likely N-dealkylation sites (tertiary alicyclic amines) is 1. The number of benzene rings is 1. The van der Waals surface area contributed by atoms with Crippen molar-refractivity contribution in [2.24, 2.45) is 11.8 Å². The third-order valence-corrected chi connectivity index (χ3v) is 5.77. The van der Waals surface area contributed by atoms with Gasteiger partial charge in [0.25, 0.3) is 5.91 Å². The molecule has 0 aliphatic carbocycles. The molecular formula is C21H29ClN4O. The van der Waals surface area contributed by atoms with Crippen LogP contribution in [-0.2, 0) is 13.0 Å². The van der Waals surface area contributed by atoms with Crippen molar-refractivity contribution in [3.8, 4) is 0 Å². The number of halogens is 1. The van der Waals surface area contributed by atoms with Gasteiger partial charge in [0.2, 0.25) is 0 Å². The first-order valence-corrected chi connectivity index (χ1v) is 9.84. The Kier molecular flexibility index (Phi) is 6.91. The summed E-state index contributed by atoms with van der Waals surface area (Å²) in [6.45, 7) is 4.88. The number of rotatable bonds is 5. The monoisotopic (exact) mass is 388 g/mol. The summed E-state index contributed by atoms with van der Waals surface area (Å²) in [7, 11) is 0. The molecule has 1 aromatic heterocycles. The highest BCUT2D eigenvalue weighted by Crippen LogP contribution is 2.22. The lowest BCUT2D eigenvalue weighted by atomic mass is 9.95. The van der Waals surface area contributed by atoms with E-state index in [2.05, 4.69) is 22.5 Å². The minimum absolute atomic E-state index is 0. The lowest BCUT2D eigenvalue weighted by Gasteiger charge is -2.32. The first-order chi connectivity index (χ1) is 12.8. The maximum Gasteiger partial charge on any atom is 0.253 e. The molecule has 2 saturated heterocycles. The van der Waals surface area contributed by atoms with Crippen LogP contribution in [0.4, 0.5) is 0 Å². The summed E-state index contributed by atoms with van der Waals surface area (Å²) in [5, 5.41) is 7.72. The van der Waals surface area contributed by atoms with Gasteiger partial charge < -0.3 is 10.2 Å². The Balaban J connectivity index is 0.00000210. The molecule has 5 nitrogen and oxygen atoms in total. The van der Waals surface area contributed by atoms with Crippen LogP contribution >= 0.6 is 12.4 Å². The van der Waals surface area contributed by atoms with E-state index in [1.807, 2.05) is 40.2 Å². The third-order valence-electron chi connectivity index (χ3n) is 5.77. The molecule has 2 fully saturated rings. The lowest BCUT2D eigenvalue weighted by molar-refractivity contribution is 0.0681. The summed E-state index contributed by atoms with van der Waals surface area (Å²) >= 11 is 0. The van der Waals surface area contributed by atoms with Crippen LogP contribution in [0.25, 0.3) is 0 Å². The summed E-state index contributed by atoms with van der Waals surface area (Å²) in [5.41, 5.74) is 2.14. The van der Waals surface area contributed by atoms with Crippen molar-refractivity contribution in [2.45, 2.75) is 32.2 Å². The van der Waals surface area contributed by atoms with Gasteiger partial charge >= 0.3 is 0 Å². The van der Waals surface area contributed by atoms with E-state index in [1.54, 1.807) is 0 Å². The van der Waals surface area contributed by atoms with Crippen molar-refractivity contribution in [1.82, 2.24) is 20.0 Å². The predicted molar refractivity (Wildman–Crippen MR) is 109 cm³/mol. The standard InChI is InChI=1S/C21H28N4O.ClH/c26-21(20-4-1-3-18(14-20)13-19-5-9-22-15-19)24-11-6-17(7-12-24)16-25-10-2-8-23-25;/h1-4,8,10,14,17,19,22H,5-7,9,11-13,15-16H2;1H. The number of nitrogens with one attached hydrogen (secondary N) is 1. The Hall–Kier alpha value is -1.85. The molecule has 6 heteroatoms. The molecule has 1 aromatic carbocycles. The highest BCUT2D eigenvalue weighted by atomic mass is 35.5. The van der Waals surface area contributed by atoms with Gasteiger partial charge in [-0.25, -0.2) is 0 Å². The van der Waals surface area contributed by atoms with E-state index in [9.17, 15) is 4.79 Å². The van der Waals surface area contributed by atoms with Gasteiger partial charge in [-0.05, 0) is 74.4 Å². The molecule has 27 heavy (non-hydrogen) atoms. The highest BCUT2D eigenvalue weighted by molar-refractivity contribution is 5.94. The van der Waals surface area contributed by atoms with Crippen molar-refractivity contribution in [1.29, 1.82) is 0 Å². The molecule has 146 valence electrons. The second-order valence-corrected chi connectivity index (χ2v) is 7.73. The van der Waals surface area contributed by atoms with Gasteiger partial charge in [-0.3, -0.25) is 9.48 Å². The Bertz CT molecular complexity index is 720. The van der Waals surface area contributed by atoms with Crippen molar-refractivity contribution in [3.63, 3.8) is 0 Å². The summed E-state index contributed by atoms with van der Waals surface area (Å²) in [6, 6.07) is 10.2. The molecule has 0 radical (unpaired) electrons. The average molecular weight is 389 g/mol. The molecule has 1 unspecified atom stereocenters. The lowest BCUT2D eigenvalue weighted by Crippen LogP contribution is -2.39. The van der Waals surface area contributed by atoms with Crippen molar-refractivity contribution in [3.05, 3.63) is 53.9 Å². The van der Waals surface area contributed by atoms with Gasteiger partial charge in [-0.2, -0.15) is 5.10 Å². The van der Waals surface area contributed by atoms with Gasteiger partial charge in [0.15, 0.2) is 0 Å². The zero-order valence-electron chi connectivity index (χ0n) is 15.7. The van der Waals surface area contributed by atoms with E-state index in [0.29, 0.717) is 11.8 Å². The molecule has 1 amide bonds. The van der Waals surface area contributed by atoms with Crippen LogP contribution in [0, 0.1) is 11.8 Å². The Morgan fingerprint density at radius 3 is 2.70 bits per heavy atom. The molecule has 1 atom stereocenters. The quantitative estimate of drug-likeness (QED) is 0.856. The van der Waals surface area contributed by atoms with E-state index >= 15 is 0 Å². The van der Waals surface area contributed by atoms with Crippen LogP contribution in [0.2, 0.25) is 0 Å². The number of hydrogen-bond acceptors (Lipinski definition) is 3. The topological polar surface area (TPSA) is 50.2 Å². The molecule has 3 heterocycles. The fourth-order valence-corrected chi connectivity index (χ4v) is 4.23. The van der Waals surface area contributed by atoms with Crippen LogP contribution in [0.3, 0.4) is 0 Å². The average Bonchev–Trinajstić information content (AvgIpc) is 3.36. The number of carbonyl (C=O) groups excluding carboxylic acids is 1. The van der Waals surface area contributed by atoms with Crippen molar-refractivity contribution in [2.75, 3.05) is 26.2 Å². The van der Waals surface area contributed by atoms with Crippen LogP contribution in [-0.4, -0.2) is 46.8 Å². The largest absolute Gasteiger partial charge is 0.339 e. The molecular weight excluding hydrogens is 360 g/mol. The zero-order valence-corrected chi connectivity index (χ0v) is 16.5. The van der Waals surface area contributed by atoms with Crippen LogP contribution < -0.4 is 5.32 Å². The minimum atomic E-state index is 0. The Morgan fingerprint density at radius 1 is 1.15 bits per heavy atom.